The first-order valence-electron chi connectivity index (χ1n) is 9.93. The number of carbonyl (C=O) groups excluding carboxylic acids is 2. The van der Waals surface area contributed by atoms with Crippen LogP contribution >= 0.6 is 0 Å². The summed E-state index contributed by atoms with van der Waals surface area (Å²) in [6.07, 6.45) is 4.14. The van der Waals surface area contributed by atoms with Crippen molar-refractivity contribution in [2.75, 3.05) is 26.2 Å². The summed E-state index contributed by atoms with van der Waals surface area (Å²) in [6, 6.07) is 6.73. The number of rotatable bonds is 2. The van der Waals surface area contributed by atoms with Crippen molar-refractivity contribution < 1.29 is 14.0 Å². The Morgan fingerprint density at radius 1 is 1.25 bits per heavy atom. The highest BCUT2D eigenvalue weighted by Gasteiger charge is 2.56. The third-order valence-corrected chi connectivity index (χ3v) is 6.95. The third-order valence-electron chi connectivity index (χ3n) is 6.95. The monoisotopic (exact) mass is 382 g/mol. The number of amides is 3. The van der Waals surface area contributed by atoms with E-state index in [-0.39, 0.29) is 28.7 Å². The van der Waals surface area contributed by atoms with E-state index in [9.17, 15) is 14.0 Å². The van der Waals surface area contributed by atoms with Gasteiger partial charge in [-0.05, 0) is 49.3 Å². The molecular weight excluding hydrogens is 359 g/mol. The number of halogens is 1. The number of hydrogen-bond acceptors (Lipinski definition) is 3. The maximum atomic E-state index is 14.1. The van der Waals surface area contributed by atoms with Gasteiger partial charge in [-0.3, -0.25) is 4.79 Å². The number of nitrogens with one attached hydrogen (secondary N) is 1. The normalized spacial score (nSPS) is 24.4. The molecule has 3 aliphatic heterocycles. The summed E-state index contributed by atoms with van der Waals surface area (Å²) in [7, 11) is 0. The summed E-state index contributed by atoms with van der Waals surface area (Å²) < 4.78 is 14.1. The van der Waals surface area contributed by atoms with Gasteiger partial charge in [-0.25, -0.2) is 9.18 Å². The minimum absolute atomic E-state index is 0.0824. The van der Waals surface area contributed by atoms with Gasteiger partial charge < -0.3 is 15.1 Å². The van der Waals surface area contributed by atoms with Crippen molar-refractivity contribution in [3.05, 3.63) is 35.1 Å². The number of nitrogens with zero attached hydrogens (tertiary/aromatic N) is 3. The van der Waals surface area contributed by atoms with Gasteiger partial charge in [-0.1, -0.05) is 6.07 Å². The molecule has 0 unspecified atom stereocenters. The molecule has 146 valence electrons. The number of urea groups is 1. The topological polar surface area (TPSA) is 76.4 Å². The fourth-order valence-corrected chi connectivity index (χ4v) is 5.59. The van der Waals surface area contributed by atoms with E-state index in [0.29, 0.717) is 43.0 Å². The Balaban J connectivity index is 1.09. The molecule has 2 spiro atoms. The lowest BCUT2D eigenvalue weighted by Crippen LogP contribution is -2.73. The Hall–Kier alpha value is -2.62. The number of likely N-dealkylation sites (tertiary alicyclic amines) is 2. The molecule has 1 N–H and O–H groups in total. The Morgan fingerprint density at radius 2 is 1.96 bits per heavy atom. The van der Waals surface area contributed by atoms with Crippen LogP contribution in [0.3, 0.4) is 0 Å². The van der Waals surface area contributed by atoms with Crippen molar-refractivity contribution >= 4 is 11.9 Å². The predicted octanol–water partition coefficient (Wildman–Crippen LogP) is 2.04. The van der Waals surface area contributed by atoms with Crippen molar-refractivity contribution in [3.63, 3.8) is 0 Å². The van der Waals surface area contributed by atoms with Crippen LogP contribution in [-0.2, 0) is 11.2 Å². The first-order valence-corrected chi connectivity index (χ1v) is 9.93. The average molecular weight is 382 g/mol. The third kappa shape index (κ3) is 2.74. The lowest BCUT2D eigenvalue weighted by molar-refractivity contribution is -0.120. The van der Waals surface area contributed by atoms with Gasteiger partial charge in [-0.2, -0.15) is 5.26 Å². The zero-order valence-electron chi connectivity index (χ0n) is 15.7. The van der Waals surface area contributed by atoms with Crippen molar-refractivity contribution in [1.82, 2.24) is 15.1 Å². The lowest BCUT2D eigenvalue weighted by Gasteiger charge is -2.61. The molecule has 6 nitrogen and oxygen atoms in total. The average Bonchev–Trinajstić information content (AvgIpc) is 2.97. The Kier molecular flexibility index (Phi) is 3.71. The first-order chi connectivity index (χ1) is 13.4. The first kappa shape index (κ1) is 17.5. The van der Waals surface area contributed by atoms with E-state index < -0.39 is 0 Å². The van der Waals surface area contributed by atoms with Gasteiger partial charge in [0.05, 0.1) is 17.2 Å². The number of nitriles is 1. The van der Waals surface area contributed by atoms with E-state index in [1.165, 1.54) is 6.07 Å². The maximum Gasteiger partial charge on any atom is 0.320 e. The van der Waals surface area contributed by atoms with Crippen LogP contribution in [0.4, 0.5) is 9.18 Å². The molecule has 3 amide bonds. The van der Waals surface area contributed by atoms with E-state index in [0.717, 1.165) is 32.4 Å². The van der Waals surface area contributed by atoms with Crippen LogP contribution in [0.2, 0.25) is 0 Å². The van der Waals surface area contributed by atoms with Crippen molar-refractivity contribution in [1.29, 1.82) is 5.26 Å². The molecule has 0 atom stereocenters. The van der Waals surface area contributed by atoms with E-state index >= 15 is 0 Å². The molecular formula is C21H23FN4O2. The van der Waals surface area contributed by atoms with Crippen LogP contribution in [0.15, 0.2) is 18.2 Å². The quantitative estimate of drug-likeness (QED) is 0.850. The molecule has 1 aromatic rings. The smallest absolute Gasteiger partial charge is 0.320 e. The SMILES string of the molecule is N#Cc1ccc(CC2CC3(C2)CN(C(=O)N2CC4(CCC(=O)N4)C2)C3)c(F)c1. The second-order valence-corrected chi connectivity index (χ2v) is 9.22. The summed E-state index contributed by atoms with van der Waals surface area (Å²) in [4.78, 5) is 27.7. The van der Waals surface area contributed by atoms with Gasteiger partial charge in [0.1, 0.15) is 5.82 Å². The molecule has 4 fully saturated rings. The highest BCUT2D eigenvalue weighted by atomic mass is 19.1. The van der Waals surface area contributed by atoms with Gasteiger partial charge in [0, 0.05) is 38.0 Å². The fraction of sp³-hybridized carbons (Fsp3) is 0.571. The van der Waals surface area contributed by atoms with Crippen molar-refractivity contribution in [2.24, 2.45) is 11.3 Å². The van der Waals surface area contributed by atoms with Crippen LogP contribution in [0, 0.1) is 28.5 Å². The number of carbonyl (C=O) groups is 2. The van der Waals surface area contributed by atoms with Gasteiger partial charge in [0.2, 0.25) is 5.91 Å². The van der Waals surface area contributed by atoms with Gasteiger partial charge in [0.15, 0.2) is 0 Å². The zero-order valence-corrected chi connectivity index (χ0v) is 15.7. The molecule has 0 radical (unpaired) electrons. The molecule has 4 aliphatic rings. The molecule has 0 bridgehead atoms. The predicted molar refractivity (Wildman–Crippen MR) is 98.6 cm³/mol. The summed E-state index contributed by atoms with van der Waals surface area (Å²) in [5.74, 6) is 0.242. The van der Waals surface area contributed by atoms with Gasteiger partial charge in [-0.15, -0.1) is 0 Å². The Labute approximate surface area is 163 Å². The van der Waals surface area contributed by atoms with Gasteiger partial charge >= 0.3 is 6.03 Å². The standard InChI is InChI=1S/C21H23FN4O2/c22-17-6-14(9-23)1-2-16(17)5-15-7-20(8-15)10-25(11-20)19(28)26-12-21(13-26)4-3-18(27)24-21/h1-2,6,15H,3-5,7-8,10-13H2,(H,24,27). The minimum atomic E-state index is -0.295. The Morgan fingerprint density at radius 3 is 2.57 bits per heavy atom. The van der Waals surface area contributed by atoms with E-state index in [1.807, 2.05) is 15.9 Å². The molecule has 28 heavy (non-hydrogen) atoms. The summed E-state index contributed by atoms with van der Waals surface area (Å²) >= 11 is 0. The molecule has 7 heteroatoms. The van der Waals surface area contributed by atoms with Gasteiger partial charge in [0.25, 0.3) is 0 Å². The van der Waals surface area contributed by atoms with Crippen LogP contribution in [-0.4, -0.2) is 53.5 Å². The number of hydrogen-bond donors (Lipinski definition) is 1. The van der Waals surface area contributed by atoms with Crippen LogP contribution < -0.4 is 5.32 Å². The maximum absolute atomic E-state index is 14.1. The van der Waals surface area contributed by atoms with Crippen molar-refractivity contribution in [2.45, 2.75) is 37.6 Å². The summed E-state index contributed by atoms with van der Waals surface area (Å²) in [6.45, 7) is 2.82. The van der Waals surface area contributed by atoms with E-state index in [4.69, 9.17) is 5.26 Å². The molecule has 1 aliphatic carbocycles. The minimum Gasteiger partial charge on any atom is -0.347 e. The van der Waals surface area contributed by atoms with Crippen molar-refractivity contribution in [3.8, 4) is 6.07 Å². The van der Waals surface area contributed by atoms with Crippen LogP contribution in [0.5, 0.6) is 0 Å². The second-order valence-electron chi connectivity index (χ2n) is 9.22. The fourth-order valence-electron chi connectivity index (χ4n) is 5.59. The largest absolute Gasteiger partial charge is 0.347 e. The molecule has 1 saturated carbocycles. The van der Waals surface area contributed by atoms with E-state index in [2.05, 4.69) is 5.32 Å². The Bertz CT molecular complexity index is 888. The molecule has 1 aromatic carbocycles. The highest BCUT2D eigenvalue weighted by Crippen LogP contribution is 2.53. The molecule has 5 rings (SSSR count). The molecule has 0 aromatic heterocycles. The molecule has 3 saturated heterocycles. The van der Waals surface area contributed by atoms with Crippen LogP contribution in [0.25, 0.3) is 0 Å². The summed E-state index contributed by atoms with van der Waals surface area (Å²) in [5.41, 5.74) is 1.08. The highest BCUT2D eigenvalue weighted by molar-refractivity contribution is 5.82. The lowest BCUT2D eigenvalue weighted by atomic mass is 9.56. The number of benzene rings is 1. The molecule has 3 heterocycles. The second kappa shape index (κ2) is 5.94. The van der Waals surface area contributed by atoms with Crippen LogP contribution in [0.1, 0.15) is 36.8 Å². The van der Waals surface area contributed by atoms with E-state index in [1.54, 1.807) is 12.1 Å². The summed E-state index contributed by atoms with van der Waals surface area (Å²) in [5, 5.41) is 11.8. The zero-order chi connectivity index (χ0) is 19.5.